The van der Waals surface area contributed by atoms with Crippen LogP contribution in [0.15, 0.2) is 51.0 Å². The summed E-state index contributed by atoms with van der Waals surface area (Å²) in [6.45, 7) is 1.87. The highest BCUT2D eigenvalue weighted by Crippen LogP contribution is 2.22. The van der Waals surface area contributed by atoms with Gasteiger partial charge >= 0.3 is 0 Å². The Kier molecular flexibility index (Phi) is 5.22. The maximum atomic E-state index is 13.0. The SMILES string of the molecule is O=C(CSc1nc2cc(Cl)ccc2c(=O)n1Cc1ccco1)N1CCCC1. The molecule has 4 rings (SSSR count). The zero-order valence-corrected chi connectivity index (χ0v) is 16.1. The number of furan rings is 1. The molecule has 2 aromatic heterocycles. The lowest BCUT2D eigenvalue weighted by molar-refractivity contribution is -0.127. The van der Waals surface area contributed by atoms with Gasteiger partial charge in [-0.1, -0.05) is 23.4 Å². The molecule has 27 heavy (non-hydrogen) atoms. The number of hydrogen-bond acceptors (Lipinski definition) is 5. The first-order valence-electron chi connectivity index (χ1n) is 8.75. The van der Waals surface area contributed by atoms with Gasteiger partial charge in [0.2, 0.25) is 5.91 Å². The van der Waals surface area contributed by atoms with Gasteiger partial charge in [-0.25, -0.2) is 4.98 Å². The number of fused-ring (bicyclic) bond motifs is 1. The van der Waals surface area contributed by atoms with E-state index in [1.165, 1.54) is 11.8 Å². The van der Waals surface area contributed by atoms with E-state index in [-0.39, 0.29) is 23.8 Å². The molecular weight excluding hydrogens is 386 g/mol. The van der Waals surface area contributed by atoms with Gasteiger partial charge in [-0.2, -0.15) is 0 Å². The van der Waals surface area contributed by atoms with Crippen LogP contribution < -0.4 is 5.56 Å². The van der Waals surface area contributed by atoms with Crippen LogP contribution in [0.4, 0.5) is 0 Å². The van der Waals surface area contributed by atoms with Crippen molar-refractivity contribution in [1.82, 2.24) is 14.5 Å². The van der Waals surface area contributed by atoms with E-state index < -0.39 is 0 Å². The fourth-order valence-electron chi connectivity index (χ4n) is 3.17. The number of hydrogen-bond donors (Lipinski definition) is 0. The second kappa shape index (κ2) is 7.78. The van der Waals surface area contributed by atoms with Crippen molar-refractivity contribution in [3.63, 3.8) is 0 Å². The second-order valence-corrected chi connectivity index (χ2v) is 7.78. The molecule has 1 saturated heterocycles. The van der Waals surface area contributed by atoms with Crippen LogP contribution in [-0.4, -0.2) is 39.2 Å². The van der Waals surface area contributed by atoms with E-state index in [0.717, 1.165) is 25.9 Å². The van der Waals surface area contributed by atoms with Crippen molar-refractivity contribution in [2.45, 2.75) is 24.5 Å². The Morgan fingerprint density at radius 3 is 2.81 bits per heavy atom. The van der Waals surface area contributed by atoms with Crippen molar-refractivity contribution in [3.8, 4) is 0 Å². The number of likely N-dealkylation sites (tertiary alicyclic amines) is 1. The monoisotopic (exact) mass is 403 g/mol. The molecule has 1 amide bonds. The second-order valence-electron chi connectivity index (χ2n) is 6.40. The molecule has 1 aliphatic rings. The first kappa shape index (κ1) is 18.1. The number of benzene rings is 1. The number of aromatic nitrogens is 2. The van der Waals surface area contributed by atoms with Crippen LogP contribution in [0.2, 0.25) is 5.02 Å². The molecule has 0 aliphatic carbocycles. The van der Waals surface area contributed by atoms with Crippen molar-refractivity contribution in [3.05, 3.63) is 57.7 Å². The van der Waals surface area contributed by atoms with Gasteiger partial charge in [-0.15, -0.1) is 0 Å². The minimum Gasteiger partial charge on any atom is -0.467 e. The van der Waals surface area contributed by atoms with E-state index in [0.29, 0.717) is 26.8 Å². The van der Waals surface area contributed by atoms with Gasteiger partial charge in [0.05, 0.1) is 29.5 Å². The number of carbonyl (C=O) groups excluding carboxylic acids is 1. The first-order chi connectivity index (χ1) is 13.1. The van der Waals surface area contributed by atoms with Crippen molar-refractivity contribution in [2.24, 2.45) is 0 Å². The van der Waals surface area contributed by atoms with Crippen LogP contribution in [0.1, 0.15) is 18.6 Å². The summed E-state index contributed by atoms with van der Waals surface area (Å²) in [6, 6.07) is 8.60. The Morgan fingerprint density at radius 1 is 1.26 bits per heavy atom. The van der Waals surface area contributed by atoms with Crippen LogP contribution in [0, 0.1) is 0 Å². The summed E-state index contributed by atoms with van der Waals surface area (Å²) in [4.78, 5) is 31.9. The van der Waals surface area contributed by atoms with Gasteiger partial charge in [0.25, 0.3) is 5.56 Å². The Balaban J connectivity index is 1.69. The molecule has 0 spiro atoms. The summed E-state index contributed by atoms with van der Waals surface area (Å²) in [5.74, 6) is 0.971. The lowest BCUT2D eigenvalue weighted by Gasteiger charge is -2.16. The molecule has 0 radical (unpaired) electrons. The van der Waals surface area contributed by atoms with Gasteiger partial charge in [0, 0.05) is 18.1 Å². The normalized spacial score (nSPS) is 14.2. The van der Waals surface area contributed by atoms with Crippen LogP contribution in [0.25, 0.3) is 10.9 Å². The Labute approximate surface area is 165 Å². The van der Waals surface area contributed by atoms with E-state index in [1.54, 1.807) is 35.1 Å². The zero-order valence-electron chi connectivity index (χ0n) is 14.6. The lowest BCUT2D eigenvalue weighted by atomic mass is 10.2. The maximum Gasteiger partial charge on any atom is 0.262 e. The van der Waals surface area contributed by atoms with Gasteiger partial charge in [0.15, 0.2) is 5.16 Å². The third-order valence-corrected chi connectivity index (χ3v) is 5.76. The fourth-order valence-corrected chi connectivity index (χ4v) is 4.23. The molecule has 6 nitrogen and oxygen atoms in total. The highest BCUT2D eigenvalue weighted by molar-refractivity contribution is 7.99. The maximum absolute atomic E-state index is 13.0. The molecule has 1 fully saturated rings. The number of amides is 1. The van der Waals surface area contributed by atoms with Gasteiger partial charge in [0.1, 0.15) is 5.76 Å². The minimum absolute atomic E-state index is 0.0717. The number of nitrogens with zero attached hydrogens (tertiary/aromatic N) is 3. The molecule has 8 heteroatoms. The lowest BCUT2D eigenvalue weighted by Crippen LogP contribution is -2.30. The highest BCUT2D eigenvalue weighted by Gasteiger charge is 2.20. The third-order valence-electron chi connectivity index (χ3n) is 4.56. The average Bonchev–Trinajstić information content (AvgIpc) is 3.36. The van der Waals surface area contributed by atoms with Crippen LogP contribution in [-0.2, 0) is 11.3 Å². The number of halogens is 1. The minimum atomic E-state index is -0.177. The predicted octanol–water partition coefficient (Wildman–Crippen LogP) is 3.41. The number of carbonyl (C=O) groups is 1. The van der Waals surface area contributed by atoms with E-state index in [1.807, 2.05) is 11.0 Å². The summed E-state index contributed by atoms with van der Waals surface area (Å²) in [6.07, 6.45) is 3.66. The van der Waals surface area contributed by atoms with E-state index in [2.05, 4.69) is 4.98 Å². The van der Waals surface area contributed by atoms with Crippen molar-refractivity contribution in [2.75, 3.05) is 18.8 Å². The summed E-state index contributed by atoms with van der Waals surface area (Å²) in [5, 5.41) is 1.49. The van der Waals surface area contributed by atoms with Crippen LogP contribution in [0.5, 0.6) is 0 Å². The van der Waals surface area contributed by atoms with Crippen LogP contribution >= 0.6 is 23.4 Å². The molecule has 0 atom stereocenters. The number of thioether (sulfide) groups is 1. The largest absolute Gasteiger partial charge is 0.467 e. The Bertz CT molecular complexity index is 1030. The molecule has 0 saturated carbocycles. The van der Waals surface area contributed by atoms with E-state index in [9.17, 15) is 9.59 Å². The van der Waals surface area contributed by atoms with E-state index in [4.69, 9.17) is 16.0 Å². The molecule has 140 valence electrons. The molecule has 0 bridgehead atoms. The van der Waals surface area contributed by atoms with E-state index >= 15 is 0 Å². The zero-order chi connectivity index (χ0) is 18.8. The Morgan fingerprint density at radius 2 is 2.07 bits per heavy atom. The average molecular weight is 404 g/mol. The standard InChI is InChI=1S/C19H18ClN3O3S/c20-13-5-6-15-16(10-13)21-19(27-12-17(24)22-7-1-2-8-22)23(18(15)25)11-14-4-3-9-26-14/h3-6,9-10H,1-2,7-8,11-12H2. The quantitative estimate of drug-likeness (QED) is 0.482. The van der Waals surface area contributed by atoms with Gasteiger partial charge in [-0.3, -0.25) is 14.2 Å². The van der Waals surface area contributed by atoms with Gasteiger partial charge < -0.3 is 9.32 Å². The fraction of sp³-hybridized carbons (Fsp3) is 0.316. The third kappa shape index (κ3) is 3.89. The molecule has 3 heterocycles. The molecule has 1 aliphatic heterocycles. The Hall–Kier alpha value is -2.25. The van der Waals surface area contributed by atoms with Crippen molar-refractivity contribution < 1.29 is 9.21 Å². The molecule has 1 aromatic carbocycles. The predicted molar refractivity (Wildman–Crippen MR) is 105 cm³/mol. The van der Waals surface area contributed by atoms with Crippen molar-refractivity contribution in [1.29, 1.82) is 0 Å². The summed E-state index contributed by atoms with van der Waals surface area (Å²) in [5.41, 5.74) is 0.350. The molecule has 3 aromatic rings. The first-order valence-corrected chi connectivity index (χ1v) is 10.1. The smallest absolute Gasteiger partial charge is 0.262 e. The summed E-state index contributed by atoms with van der Waals surface area (Å²) >= 11 is 7.34. The molecule has 0 N–H and O–H groups in total. The topological polar surface area (TPSA) is 68.3 Å². The molecule has 0 unspecified atom stereocenters. The summed E-state index contributed by atoms with van der Waals surface area (Å²) < 4.78 is 6.95. The van der Waals surface area contributed by atoms with Crippen LogP contribution in [0.3, 0.4) is 0 Å². The number of rotatable bonds is 5. The van der Waals surface area contributed by atoms with Crippen molar-refractivity contribution >= 4 is 40.2 Å². The molecular formula is C19H18ClN3O3S. The summed E-state index contributed by atoms with van der Waals surface area (Å²) in [7, 11) is 0. The van der Waals surface area contributed by atoms with Gasteiger partial charge in [-0.05, 0) is 43.2 Å². The highest BCUT2D eigenvalue weighted by atomic mass is 35.5.